The minimum Gasteiger partial charge on any atom is -0.391 e. The first-order valence-electron chi connectivity index (χ1n) is 3.52. The van der Waals surface area contributed by atoms with Crippen molar-refractivity contribution in [2.45, 2.75) is 12.6 Å². The molecular weight excluding hydrogens is 232 g/mol. The van der Waals surface area contributed by atoms with Crippen LogP contribution in [0.15, 0.2) is 12.7 Å². The van der Waals surface area contributed by atoms with Crippen LogP contribution in [0.4, 0.5) is 0 Å². The minimum absolute atomic E-state index is 0. The maximum Gasteiger partial charge on any atom is 0.328 e. The van der Waals surface area contributed by atoms with Crippen LogP contribution in [0.5, 0.6) is 0 Å². The molecule has 0 aliphatic carbocycles. The third kappa shape index (κ3) is 5.31. The predicted octanol–water partition coefficient (Wildman–Crippen LogP) is -0.762. The molecule has 1 aromatic heterocycles. The Labute approximate surface area is 86.4 Å². The van der Waals surface area contributed by atoms with E-state index in [1.807, 2.05) is 0 Å². The van der Waals surface area contributed by atoms with Gasteiger partial charge < -0.3 is 14.9 Å². The zero-order valence-electron chi connectivity index (χ0n) is 7.09. The van der Waals surface area contributed by atoms with Gasteiger partial charge in [-0.1, -0.05) is 0 Å². The molecular formula is C5H11ClN3O4P. The van der Waals surface area contributed by atoms with Crippen LogP contribution in [-0.2, 0) is 11.1 Å². The molecule has 0 amide bonds. The molecule has 0 aromatic carbocycles. The Balaban J connectivity index is 0.00000169. The molecule has 0 fully saturated rings. The van der Waals surface area contributed by atoms with Crippen molar-refractivity contribution >= 4 is 20.0 Å². The molecule has 0 saturated heterocycles. The molecule has 1 atom stereocenters. The van der Waals surface area contributed by atoms with Gasteiger partial charge in [0.2, 0.25) is 0 Å². The van der Waals surface area contributed by atoms with Gasteiger partial charge in [-0.15, -0.1) is 12.4 Å². The molecule has 0 radical (unpaired) electrons. The molecule has 0 saturated carbocycles. The fourth-order valence-electron chi connectivity index (χ4n) is 0.875. The maximum absolute atomic E-state index is 10.5. The lowest BCUT2D eigenvalue weighted by Gasteiger charge is -2.10. The van der Waals surface area contributed by atoms with Gasteiger partial charge in [-0.25, -0.2) is 4.98 Å². The molecule has 7 nitrogen and oxygen atoms in total. The van der Waals surface area contributed by atoms with Gasteiger partial charge in [-0.3, -0.25) is 9.25 Å². The van der Waals surface area contributed by atoms with Crippen molar-refractivity contribution in [2.75, 3.05) is 6.16 Å². The molecule has 1 unspecified atom stereocenters. The van der Waals surface area contributed by atoms with E-state index in [0.29, 0.717) is 0 Å². The fourth-order valence-corrected chi connectivity index (χ4v) is 1.54. The van der Waals surface area contributed by atoms with E-state index in [-0.39, 0.29) is 19.0 Å². The first kappa shape index (κ1) is 13.5. The number of rotatable bonds is 4. The van der Waals surface area contributed by atoms with Gasteiger partial charge in [0.05, 0.1) is 18.8 Å². The summed E-state index contributed by atoms with van der Waals surface area (Å²) in [5.74, 6) is 0. The molecule has 1 rings (SSSR count). The number of nitrogens with zero attached hydrogens (tertiary/aromatic N) is 3. The number of hydrogen-bond acceptors (Lipinski definition) is 4. The standard InChI is InChI=1S/C5H10N3O4P.ClH/c9-5(2-13(10,11)12)1-8-4-6-3-7-8;/h3-5,9H,1-2H2,(H2,10,11,12);1H. The van der Waals surface area contributed by atoms with E-state index < -0.39 is 19.9 Å². The summed E-state index contributed by atoms with van der Waals surface area (Å²) in [6, 6.07) is 0. The van der Waals surface area contributed by atoms with Crippen molar-refractivity contribution in [3.8, 4) is 0 Å². The summed E-state index contributed by atoms with van der Waals surface area (Å²) in [5.41, 5.74) is 0. The van der Waals surface area contributed by atoms with E-state index in [9.17, 15) is 9.67 Å². The first-order valence-corrected chi connectivity index (χ1v) is 5.32. The zero-order chi connectivity index (χ0) is 9.90. The van der Waals surface area contributed by atoms with Crippen molar-refractivity contribution in [3.63, 3.8) is 0 Å². The van der Waals surface area contributed by atoms with Crippen LogP contribution < -0.4 is 0 Å². The van der Waals surface area contributed by atoms with Gasteiger partial charge in [-0.05, 0) is 0 Å². The summed E-state index contributed by atoms with van der Waals surface area (Å²) in [4.78, 5) is 20.7. The molecule has 1 aromatic rings. The molecule has 0 aliphatic heterocycles. The first-order chi connectivity index (χ1) is 5.97. The highest BCUT2D eigenvalue weighted by Crippen LogP contribution is 2.34. The number of aromatic nitrogens is 3. The average molecular weight is 244 g/mol. The molecule has 82 valence electrons. The molecule has 3 N–H and O–H groups in total. The molecule has 9 heteroatoms. The highest BCUT2D eigenvalue weighted by atomic mass is 35.5. The van der Waals surface area contributed by atoms with Crippen molar-refractivity contribution in [3.05, 3.63) is 12.7 Å². The minimum atomic E-state index is -4.15. The number of halogens is 1. The van der Waals surface area contributed by atoms with Crippen LogP contribution in [0.3, 0.4) is 0 Å². The molecule has 1 heterocycles. The molecule has 14 heavy (non-hydrogen) atoms. The molecule has 0 bridgehead atoms. The normalized spacial score (nSPS) is 13.4. The quantitative estimate of drug-likeness (QED) is 0.600. The van der Waals surface area contributed by atoms with E-state index in [1.54, 1.807) is 0 Å². The largest absolute Gasteiger partial charge is 0.391 e. The van der Waals surface area contributed by atoms with E-state index >= 15 is 0 Å². The van der Waals surface area contributed by atoms with Gasteiger partial charge in [0.15, 0.2) is 0 Å². The topological polar surface area (TPSA) is 108 Å². The molecule has 0 aliphatic rings. The smallest absolute Gasteiger partial charge is 0.328 e. The highest BCUT2D eigenvalue weighted by molar-refractivity contribution is 7.51. The van der Waals surface area contributed by atoms with Gasteiger partial charge in [0.1, 0.15) is 12.7 Å². The van der Waals surface area contributed by atoms with E-state index in [4.69, 9.17) is 9.79 Å². The van der Waals surface area contributed by atoms with E-state index in [2.05, 4.69) is 10.1 Å². The van der Waals surface area contributed by atoms with Crippen LogP contribution in [0, 0.1) is 0 Å². The van der Waals surface area contributed by atoms with Crippen LogP contribution in [0.2, 0.25) is 0 Å². The monoisotopic (exact) mass is 243 g/mol. The Hall–Kier alpha value is -0.460. The van der Waals surface area contributed by atoms with Crippen LogP contribution in [0.25, 0.3) is 0 Å². The Kier molecular flexibility index (Phi) is 5.25. The average Bonchev–Trinajstić information content (AvgIpc) is 2.34. The highest BCUT2D eigenvalue weighted by Gasteiger charge is 2.19. The number of hydrogen-bond donors (Lipinski definition) is 3. The second-order valence-electron chi connectivity index (χ2n) is 2.62. The van der Waals surface area contributed by atoms with E-state index in [0.717, 1.165) is 0 Å². The third-order valence-electron chi connectivity index (χ3n) is 1.31. The van der Waals surface area contributed by atoms with Gasteiger partial charge in [0, 0.05) is 0 Å². The van der Waals surface area contributed by atoms with Crippen LogP contribution in [0.1, 0.15) is 0 Å². The maximum atomic E-state index is 10.5. The lowest BCUT2D eigenvalue weighted by molar-refractivity contribution is 0.163. The Morgan fingerprint density at radius 3 is 2.57 bits per heavy atom. The summed E-state index contributed by atoms with van der Waals surface area (Å²) in [5, 5.41) is 12.9. The van der Waals surface area contributed by atoms with Gasteiger partial charge in [-0.2, -0.15) is 5.10 Å². The van der Waals surface area contributed by atoms with Crippen LogP contribution >= 0.6 is 20.0 Å². The summed E-state index contributed by atoms with van der Waals surface area (Å²) in [6.45, 7) is 0.0328. The number of aliphatic hydroxyl groups is 1. The Morgan fingerprint density at radius 1 is 1.50 bits per heavy atom. The zero-order valence-corrected chi connectivity index (χ0v) is 8.80. The van der Waals surface area contributed by atoms with Gasteiger partial charge in [0.25, 0.3) is 0 Å². The second-order valence-corrected chi connectivity index (χ2v) is 4.31. The summed E-state index contributed by atoms with van der Waals surface area (Å²) < 4.78 is 11.8. The van der Waals surface area contributed by atoms with Crippen molar-refractivity contribution in [2.24, 2.45) is 0 Å². The Bertz CT molecular complexity index is 300. The van der Waals surface area contributed by atoms with Crippen molar-refractivity contribution in [1.82, 2.24) is 14.8 Å². The predicted molar refractivity (Wildman–Crippen MR) is 50.2 cm³/mol. The van der Waals surface area contributed by atoms with E-state index in [1.165, 1.54) is 17.3 Å². The molecule has 0 spiro atoms. The Morgan fingerprint density at radius 2 is 2.14 bits per heavy atom. The summed E-state index contributed by atoms with van der Waals surface area (Å²) in [6.07, 6.45) is 0.975. The second kappa shape index (κ2) is 5.43. The summed E-state index contributed by atoms with van der Waals surface area (Å²) >= 11 is 0. The lowest BCUT2D eigenvalue weighted by atomic mass is 10.4. The van der Waals surface area contributed by atoms with Crippen molar-refractivity contribution < 1.29 is 19.5 Å². The number of aliphatic hydroxyl groups excluding tert-OH is 1. The van der Waals surface area contributed by atoms with Crippen LogP contribution in [-0.4, -0.2) is 41.9 Å². The summed E-state index contributed by atoms with van der Waals surface area (Å²) in [7, 11) is -4.15. The van der Waals surface area contributed by atoms with Gasteiger partial charge >= 0.3 is 7.60 Å². The SMILES string of the molecule is Cl.O=P(O)(O)CC(O)Cn1cncn1. The fraction of sp³-hybridized carbons (Fsp3) is 0.600. The van der Waals surface area contributed by atoms with Crippen molar-refractivity contribution in [1.29, 1.82) is 0 Å². The lowest BCUT2D eigenvalue weighted by Crippen LogP contribution is -2.20. The third-order valence-corrected chi connectivity index (χ3v) is 2.21.